The molecule has 0 aliphatic heterocycles. The number of nitrogens with one attached hydrogen (secondary N) is 1. The molecule has 2 heterocycles. The number of nitrogens with zero attached hydrogens (tertiary/aromatic N) is 1. The van der Waals surface area contributed by atoms with Crippen LogP contribution in [0.3, 0.4) is 0 Å². The number of aromatic amines is 1. The van der Waals surface area contributed by atoms with Crippen LogP contribution in [0, 0.1) is 6.92 Å². The molecule has 0 atom stereocenters. The Morgan fingerprint density at radius 3 is 3.05 bits per heavy atom. The van der Waals surface area contributed by atoms with E-state index >= 15 is 0 Å². The van der Waals surface area contributed by atoms with Crippen molar-refractivity contribution in [3.63, 3.8) is 0 Å². The van der Waals surface area contributed by atoms with Gasteiger partial charge in [0.25, 0.3) is 0 Å². The van der Waals surface area contributed by atoms with Gasteiger partial charge in [0.1, 0.15) is 5.82 Å². The van der Waals surface area contributed by atoms with Crippen molar-refractivity contribution in [1.29, 1.82) is 0 Å². The van der Waals surface area contributed by atoms with Crippen LogP contribution in [-0.4, -0.2) is 9.97 Å². The molecule has 1 N–H and O–H groups in total. The summed E-state index contributed by atoms with van der Waals surface area (Å²) in [5, 5.41) is 2.17. The van der Waals surface area contributed by atoms with Crippen molar-refractivity contribution >= 4 is 11.3 Å². The van der Waals surface area contributed by atoms with Crippen molar-refractivity contribution in [1.82, 2.24) is 9.97 Å². The zero-order valence-corrected chi connectivity index (χ0v) is 11.6. The van der Waals surface area contributed by atoms with E-state index in [0.717, 1.165) is 24.4 Å². The van der Waals surface area contributed by atoms with Crippen LogP contribution < -0.4 is 0 Å². The largest absolute Gasteiger partial charge is 0.341 e. The van der Waals surface area contributed by atoms with Gasteiger partial charge in [-0.25, -0.2) is 4.98 Å². The Kier molecular flexibility index (Phi) is 2.35. The first-order chi connectivity index (χ1) is 9.31. The number of fused-ring (bicyclic) bond motifs is 3. The quantitative estimate of drug-likeness (QED) is 0.702. The van der Waals surface area contributed by atoms with E-state index in [0.29, 0.717) is 0 Å². The van der Waals surface area contributed by atoms with Crippen LogP contribution in [0.1, 0.15) is 16.1 Å². The fourth-order valence-corrected chi connectivity index (χ4v) is 3.61. The number of thiophene rings is 1. The minimum absolute atomic E-state index is 0.993. The number of hydrogen-bond donors (Lipinski definition) is 1. The van der Waals surface area contributed by atoms with Crippen LogP contribution in [0.2, 0.25) is 0 Å². The summed E-state index contributed by atoms with van der Waals surface area (Å²) in [4.78, 5) is 9.80. The highest BCUT2D eigenvalue weighted by molar-refractivity contribution is 7.10. The van der Waals surface area contributed by atoms with Gasteiger partial charge in [-0.1, -0.05) is 23.8 Å². The maximum absolute atomic E-state index is 4.83. The predicted octanol–water partition coefficient (Wildman–Crippen LogP) is 4.21. The van der Waals surface area contributed by atoms with Gasteiger partial charge < -0.3 is 4.98 Å². The molecule has 0 spiro atoms. The highest BCUT2D eigenvalue weighted by atomic mass is 32.1. The Morgan fingerprint density at radius 1 is 1.21 bits per heavy atom. The van der Waals surface area contributed by atoms with Gasteiger partial charge in [0.2, 0.25) is 0 Å². The first-order valence-corrected chi connectivity index (χ1v) is 7.42. The lowest BCUT2D eigenvalue weighted by atomic mass is 10.0. The van der Waals surface area contributed by atoms with Crippen molar-refractivity contribution in [2.75, 3.05) is 0 Å². The second-order valence-electron chi connectivity index (χ2n) is 5.04. The van der Waals surface area contributed by atoms with E-state index < -0.39 is 0 Å². The van der Waals surface area contributed by atoms with Gasteiger partial charge in [0, 0.05) is 21.7 Å². The van der Waals surface area contributed by atoms with Gasteiger partial charge >= 0.3 is 0 Å². The van der Waals surface area contributed by atoms with Gasteiger partial charge in [-0.3, -0.25) is 0 Å². The van der Waals surface area contributed by atoms with E-state index in [2.05, 4.69) is 47.6 Å². The molecular formula is C16H14N2S. The van der Waals surface area contributed by atoms with Crippen LogP contribution in [0.15, 0.2) is 35.7 Å². The van der Waals surface area contributed by atoms with Crippen LogP contribution in [0.4, 0.5) is 0 Å². The molecule has 1 aromatic carbocycles. The second kappa shape index (κ2) is 4.07. The van der Waals surface area contributed by atoms with Gasteiger partial charge in [-0.2, -0.15) is 0 Å². The van der Waals surface area contributed by atoms with Crippen molar-refractivity contribution in [3.05, 3.63) is 51.8 Å². The standard InChI is InChI=1S/C16H14N2S/c1-10-3-2-4-11(9-10)16-17-13-5-6-14-12(7-8-19-14)15(13)18-16/h2-4,7-9H,5-6H2,1H3,(H,17,18). The molecule has 3 heteroatoms. The molecule has 3 aromatic rings. The molecule has 0 fully saturated rings. The Morgan fingerprint density at radius 2 is 2.16 bits per heavy atom. The Bertz CT molecular complexity index is 752. The lowest BCUT2D eigenvalue weighted by Gasteiger charge is -2.09. The number of hydrogen-bond acceptors (Lipinski definition) is 2. The lowest BCUT2D eigenvalue weighted by molar-refractivity contribution is 0.927. The molecule has 4 rings (SSSR count). The third kappa shape index (κ3) is 1.73. The molecule has 0 bridgehead atoms. The molecule has 0 radical (unpaired) electrons. The summed E-state index contributed by atoms with van der Waals surface area (Å²) in [5.74, 6) is 0.993. The zero-order valence-electron chi connectivity index (χ0n) is 10.7. The van der Waals surface area contributed by atoms with Crippen LogP contribution >= 0.6 is 11.3 Å². The Labute approximate surface area is 116 Å². The third-order valence-electron chi connectivity index (χ3n) is 3.67. The van der Waals surface area contributed by atoms with Crippen molar-refractivity contribution in [3.8, 4) is 22.6 Å². The Balaban J connectivity index is 1.86. The minimum Gasteiger partial charge on any atom is -0.341 e. The van der Waals surface area contributed by atoms with Crippen LogP contribution in [0.25, 0.3) is 22.6 Å². The maximum Gasteiger partial charge on any atom is 0.138 e. The number of rotatable bonds is 1. The van der Waals surface area contributed by atoms with E-state index in [1.54, 1.807) is 0 Å². The van der Waals surface area contributed by atoms with Crippen molar-refractivity contribution in [2.24, 2.45) is 0 Å². The van der Waals surface area contributed by atoms with E-state index in [1.165, 1.54) is 27.3 Å². The van der Waals surface area contributed by atoms with E-state index in [-0.39, 0.29) is 0 Å². The van der Waals surface area contributed by atoms with Gasteiger partial charge in [-0.05, 0) is 37.3 Å². The van der Waals surface area contributed by atoms with Gasteiger partial charge in [0.05, 0.1) is 5.69 Å². The molecule has 0 unspecified atom stereocenters. The molecule has 19 heavy (non-hydrogen) atoms. The Hall–Kier alpha value is -1.87. The van der Waals surface area contributed by atoms with Crippen LogP contribution in [0.5, 0.6) is 0 Å². The highest BCUT2D eigenvalue weighted by Gasteiger charge is 2.21. The number of benzene rings is 1. The predicted molar refractivity (Wildman–Crippen MR) is 79.5 cm³/mol. The summed E-state index contributed by atoms with van der Waals surface area (Å²) in [7, 11) is 0. The highest BCUT2D eigenvalue weighted by Crippen LogP contribution is 2.36. The summed E-state index contributed by atoms with van der Waals surface area (Å²) in [5.41, 5.74) is 6.19. The summed E-state index contributed by atoms with van der Waals surface area (Å²) in [6.45, 7) is 2.11. The molecule has 94 valence electrons. The first-order valence-electron chi connectivity index (χ1n) is 6.54. The SMILES string of the molecule is Cc1cccc(-c2nc3c([nH]2)CCc2sccc2-3)c1. The molecule has 1 aliphatic carbocycles. The average Bonchev–Trinajstić information content (AvgIpc) is 3.04. The fraction of sp³-hybridized carbons (Fsp3) is 0.188. The van der Waals surface area contributed by atoms with Crippen LogP contribution in [-0.2, 0) is 12.8 Å². The minimum atomic E-state index is 0.993. The number of H-pyrrole nitrogens is 1. The van der Waals surface area contributed by atoms with Gasteiger partial charge in [-0.15, -0.1) is 11.3 Å². The monoisotopic (exact) mass is 266 g/mol. The lowest BCUT2D eigenvalue weighted by Crippen LogP contribution is -1.99. The van der Waals surface area contributed by atoms with E-state index in [1.807, 2.05) is 11.3 Å². The summed E-state index contributed by atoms with van der Waals surface area (Å²) in [6.07, 6.45) is 2.21. The third-order valence-corrected chi connectivity index (χ3v) is 4.65. The number of imidazole rings is 1. The second-order valence-corrected chi connectivity index (χ2v) is 6.04. The first kappa shape index (κ1) is 11.0. The zero-order chi connectivity index (χ0) is 12.8. The fourth-order valence-electron chi connectivity index (χ4n) is 2.73. The van der Waals surface area contributed by atoms with Gasteiger partial charge in [0.15, 0.2) is 0 Å². The van der Waals surface area contributed by atoms with Crippen molar-refractivity contribution < 1.29 is 0 Å². The number of aromatic nitrogens is 2. The smallest absolute Gasteiger partial charge is 0.138 e. The molecular weight excluding hydrogens is 252 g/mol. The molecule has 2 aromatic heterocycles. The maximum atomic E-state index is 4.83. The molecule has 1 aliphatic rings. The summed E-state index contributed by atoms with van der Waals surface area (Å²) >= 11 is 1.84. The summed E-state index contributed by atoms with van der Waals surface area (Å²) < 4.78 is 0. The van der Waals surface area contributed by atoms with E-state index in [9.17, 15) is 0 Å². The normalized spacial score (nSPS) is 13.1. The summed E-state index contributed by atoms with van der Waals surface area (Å²) in [6, 6.07) is 10.7. The molecule has 0 amide bonds. The number of aryl methyl sites for hydroxylation is 3. The topological polar surface area (TPSA) is 28.7 Å². The average molecular weight is 266 g/mol. The molecule has 0 saturated carbocycles. The van der Waals surface area contributed by atoms with E-state index in [4.69, 9.17) is 4.98 Å². The molecule has 0 saturated heterocycles. The molecule has 2 nitrogen and oxygen atoms in total. The van der Waals surface area contributed by atoms with Crippen molar-refractivity contribution in [2.45, 2.75) is 19.8 Å².